The highest BCUT2D eigenvalue weighted by molar-refractivity contribution is 5.94. The van der Waals surface area contributed by atoms with Gasteiger partial charge in [0.25, 0.3) is 0 Å². The van der Waals surface area contributed by atoms with Crippen molar-refractivity contribution in [2.24, 2.45) is 5.73 Å². The Balaban J connectivity index is 1.77. The van der Waals surface area contributed by atoms with Crippen LogP contribution in [-0.4, -0.2) is 36.5 Å². The summed E-state index contributed by atoms with van der Waals surface area (Å²) >= 11 is 0. The molecule has 4 heteroatoms. The third-order valence-electron chi connectivity index (χ3n) is 3.78. The lowest BCUT2D eigenvalue weighted by atomic mass is 10.2. The molecule has 1 aliphatic rings. The third kappa shape index (κ3) is 3.70. The SMILES string of the molecule is CCC1CCCN1CCOc1ccc(C(=N)N)cc1. The van der Waals surface area contributed by atoms with Gasteiger partial charge in [-0.25, -0.2) is 0 Å². The molecule has 0 saturated carbocycles. The predicted octanol–water partition coefficient (Wildman–Crippen LogP) is 2.22. The molecule has 1 aromatic carbocycles. The first-order chi connectivity index (χ1) is 9.20. The van der Waals surface area contributed by atoms with Crippen LogP contribution in [0.1, 0.15) is 31.7 Å². The molecule has 0 spiro atoms. The zero-order valence-corrected chi connectivity index (χ0v) is 11.6. The quantitative estimate of drug-likeness (QED) is 0.609. The van der Waals surface area contributed by atoms with Gasteiger partial charge < -0.3 is 10.5 Å². The Bertz CT molecular complexity index is 416. The largest absolute Gasteiger partial charge is 0.492 e. The summed E-state index contributed by atoms with van der Waals surface area (Å²) in [6, 6.07) is 8.13. The fourth-order valence-electron chi connectivity index (χ4n) is 2.66. The lowest BCUT2D eigenvalue weighted by Crippen LogP contribution is -2.32. The first-order valence-electron chi connectivity index (χ1n) is 7.02. The second kappa shape index (κ2) is 6.57. The summed E-state index contributed by atoms with van der Waals surface area (Å²) in [4.78, 5) is 2.52. The average Bonchev–Trinajstić information content (AvgIpc) is 2.87. The smallest absolute Gasteiger partial charge is 0.122 e. The molecule has 0 aliphatic carbocycles. The van der Waals surface area contributed by atoms with E-state index in [2.05, 4.69) is 11.8 Å². The molecule has 0 radical (unpaired) electrons. The minimum absolute atomic E-state index is 0.0920. The van der Waals surface area contributed by atoms with Gasteiger partial charge >= 0.3 is 0 Å². The average molecular weight is 261 g/mol. The molecule has 1 aromatic rings. The van der Waals surface area contributed by atoms with Crippen molar-refractivity contribution in [3.05, 3.63) is 29.8 Å². The molecule has 4 nitrogen and oxygen atoms in total. The van der Waals surface area contributed by atoms with Crippen molar-refractivity contribution in [3.63, 3.8) is 0 Å². The van der Waals surface area contributed by atoms with Crippen molar-refractivity contribution >= 4 is 5.84 Å². The Morgan fingerprint density at radius 1 is 1.42 bits per heavy atom. The van der Waals surface area contributed by atoms with Gasteiger partial charge in [-0.2, -0.15) is 0 Å². The molecule has 0 amide bonds. The molecule has 2 rings (SSSR count). The molecular formula is C15H23N3O. The minimum Gasteiger partial charge on any atom is -0.492 e. The topological polar surface area (TPSA) is 62.3 Å². The first-order valence-corrected chi connectivity index (χ1v) is 7.02. The molecule has 1 aliphatic heterocycles. The van der Waals surface area contributed by atoms with Gasteiger partial charge in [0.1, 0.15) is 18.2 Å². The molecule has 1 saturated heterocycles. The zero-order chi connectivity index (χ0) is 13.7. The number of rotatable bonds is 6. The number of hydrogen-bond acceptors (Lipinski definition) is 3. The number of likely N-dealkylation sites (tertiary alicyclic amines) is 1. The highest BCUT2D eigenvalue weighted by atomic mass is 16.5. The van der Waals surface area contributed by atoms with E-state index >= 15 is 0 Å². The molecule has 1 heterocycles. The van der Waals surface area contributed by atoms with E-state index in [0.717, 1.165) is 30.5 Å². The Hall–Kier alpha value is -1.55. The summed E-state index contributed by atoms with van der Waals surface area (Å²) in [6.07, 6.45) is 3.86. The number of hydrogen-bond donors (Lipinski definition) is 2. The summed E-state index contributed by atoms with van der Waals surface area (Å²) in [5.74, 6) is 0.937. The second-order valence-electron chi connectivity index (χ2n) is 5.03. The highest BCUT2D eigenvalue weighted by Crippen LogP contribution is 2.19. The normalized spacial score (nSPS) is 19.5. The van der Waals surface area contributed by atoms with E-state index < -0.39 is 0 Å². The van der Waals surface area contributed by atoms with Crippen LogP contribution < -0.4 is 10.5 Å². The summed E-state index contributed by atoms with van der Waals surface area (Å²) in [7, 11) is 0. The molecule has 1 atom stereocenters. The van der Waals surface area contributed by atoms with E-state index in [1.165, 1.54) is 25.8 Å². The van der Waals surface area contributed by atoms with Crippen molar-refractivity contribution in [2.75, 3.05) is 19.7 Å². The number of nitrogens with one attached hydrogen (secondary N) is 1. The van der Waals surface area contributed by atoms with Crippen LogP contribution in [0.15, 0.2) is 24.3 Å². The van der Waals surface area contributed by atoms with Crippen LogP contribution in [0.25, 0.3) is 0 Å². The zero-order valence-electron chi connectivity index (χ0n) is 11.6. The first kappa shape index (κ1) is 13.9. The molecule has 1 unspecified atom stereocenters. The van der Waals surface area contributed by atoms with Gasteiger partial charge in [0.05, 0.1) is 0 Å². The maximum Gasteiger partial charge on any atom is 0.122 e. The van der Waals surface area contributed by atoms with Gasteiger partial charge in [0.2, 0.25) is 0 Å². The Kier molecular flexibility index (Phi) is 4.80. The maximum atomic E-state index is 7.33. The summed E-state index contributed by atoms with van der Waals surface area (Å²) < 4.78 is 5.74. The fraction of sp³-hybridized carbons (Fsp3) is 0.533. The molecule has 1 fully saturated rings. The lowest BCUT2D eigenvalue weighted by Gasteiger charge is -2.23. The van der Waals surface area contributed by atoms with E-state index in [1.807, 2.05) is 24.3 Å². The molecule has 0 bridgehead atoms. The molecule has 3 N–H and O–H groups in total. The van der Waals surface area contributed by atoms with E-state index in [4.69, 9.17) is 15.9 Å². The van der Waals surface area contributed by atoms with Gasteiger partial charge in [0.15, 0.2) is 0 Å². The standard InChI is InChI=1S/C15H23N3O/c1-2-13-4-3-9-18(13)10-11-19-14-7-5-12(6-8-14)15(16)17/h5-8,13H,2-4,9-11H2,1H3,(H3,16,17). The fourth-order valence-corrected chi connectivity index (χ4v) is 2.66. The van der Waals surface area contributed by atoms with Crippen molar-refractivity contribution in [1.82, 2.24) is 4.90 Å². The number of nitrogen functional groups attached to an aromatic ring is 1. The Morgan fingerprint density at radius 3 is 2.79 bits per heavy atom. The number of benzene rings is 1. The van der Waals surface area contributed by atoms with Gasteiger partial charge in [-0.05, 0) is 50.1 Å². The van der Waals surface area contributed by atoms with Gasteiger partial charge in [-0.1, -0.05) is 6.92 Å². The van der Waals surface area contributed by atoms with E-state index in [9.17, 15) is 0 Å². The van der Waals surface area contributed by atoms with E-state index in [0.29, 0.717) is 0 Å². The Morgan fingerprint density at radius 2 is 2.16 bits per heavy atom. The molecule has 19 heavy (non-hydrogen) atoms. The van der Waals surface area contributed by atoms with Crippen LogP contribution in [-0.2, 0) is 0 Å². The van der Waals surface area contributed by atoms with Crippen LogP contribution >= 0.6 is 0 Å². The molecule has 104 valence electrons. The van der Waals surface area contributed by atoms with Crippen LogP contribution in [0.3, 0.4) is 0 Å². The van der Waals surface area contributed by atoms with Gasteiger partial charge in [-0.15, -0.1) is 0 Å². The highest BCUT2D eigenvalue weighted by Gasteiger charge is 2.21. The van der Waals surface area contributed by atoms with E-state index in [-0.39, 0.29) is 5.84 Å². The van der Waals surface area contributed by atoms with Crippen molar-refractivity contribution in [2.45, 2.75) is 32.2 Å². The number of amidine groups is 1. The lowest BCUT2D eigenvalue weighted by molar-refractivity contribution is 0.193. The van der Waals surface area contributed by atoms with Gasteiger partial charge in [0, 0.05) is 18.2 Å². The van der Waals surface area contributed by atoms with Crippen LogP contribution in [0, 0.1) is 5.41 Å². The van der Waals surface area contributed by atoms with Crippen molar-refractivity contribution < 1.29 is 4.74 Å². The van der Waals surface area contributed by atoms with Crippen molar-refractivity contribution in [1.29, 1.82) is 5.41 Å². The number of ether oxygens (including phenoxy) is 1. The van der Waals surface area contributed by atoms with Crippen LogP contribution in [0.2, 0.25) is 0 Å². The second-order valence-corrected chi connectivity index (χ2v) is 5.03. The number of nitrogens with two attached hydrogens (primary N) is 1. The molecular weight excluding hydrogens is 238 g/mol. The van der Waals surface area contributed by atoms with Gasteiger partial charge in [-0.3, -0.25) is 10.3 Å². The summed E-state index contributed by atoms with van der Waals surface area (Å²) in [5, 5.41) is 7.33. The van der Waals surface area contributed by atoms with Crippen LogP contribution in [0.5, 0.6) is 5.75 Å². The monoisotopic (exact) mass is 261 g/mol. The third-order valence-corrected chi connectivity index (χ3v) is 3.78. The number of nitrogens with zero attached hydrogens (tertiary/aromatic N) is 1. The van der Waals surface area contributed by atoms with Crippen LogP contribution in [0.4, 0.5) is 0 Å². The molecule has 0 aromatic heterocycles. The summed E-state index contributed by atoms with van der Waals surface area (Å²) in [6.45, 7) is 5.17. The predicted molar refractivity (Wildman–Crippen MR) is 77.8 cm³/mol. The minimum atomic E-state index is 0.0920. The summed E-state index contributed by atoms with van der Waals surface area (Å²) in [5.41, 5.74) is 6.15. The maximum absolute atomic E-state index is 7.33. The Labute approximate surface area is 115 Å². The van der Waals surface area contributed by atoms with E-state index in [1.54, 1.807) is 0 Å². The van der Waals surface area contributed by atoms with Crippen molar-refractivity contribution in [3.8, 4) is 5.75 Å².